The van der Waals surface area contributed by atoms with E-state index in [2.05, 4.69) is 5.32 Å². The molecule has 0 aromatic rings. The first kappa shape index (κ1) is 15.4. The zero-order chi connectivity index (χ0) is 13.8. The monoisotopic (exact) mass is 276 g/mol. The normalized spacial score (nSPS) is 18.3. The molecule has 1 saturated heterocycles. The van der Waals surface area contributed by atoms with Crippen molar-refractivity contribution in [3.05, 3.63) is 0 Å². The van der Waals surface area contributed by atoms with E-state index in [1.165, 1.54) is 0 Å². The molecule has 1 aliphatic heterocycles. The Bertz CT molecular complexity index is 309. The van der Waals surface area contributed by atoms with Gasteiger partial charge in [0.25, 0.3) is 0 Å². The van der Waals surface area contributed by atoms with Crippen LogP contribution in [-0.4, -0.2) is 58.0 Å². The van der Waals surface area contributed by atoms with E-state index < -0.39 is 16.4 Å². The van der Waals surface area contributed by atoms with E-state index in [0.717, 1.165) is 6.54 Å². The van der Waals surface area contributed by atoms with E-state index in [4.69, 9.17) is 4.74 Å². The summed E-state index contributed by atoms with van der Waals surface area (Å²) >= 11 is 0. The molecular weight excluding hydrogens is 252 g/mol. The fourth-order valence-corrected chi connectivity index (χ4v) is 2.24. The van der Waals surface area contributed by atoms with Gasteiger partial charge in [-0.2, -0.15) is 0 Å². The number of ether oxygens (including phenoxy) is 1. The lowest BCUT2D eigenvalue weighted by atomic mass is 10.1. The summed E-state index contributed by atoms with van der Waals surface area (Å²) in [6.45, 7) is 9.60. The van der Waals surface area contributed by atoms with E-state index in [-0.39, 0.29) is 6.09 Å². The van der Waals surface area contributed by atoms with Gasteiger partial charge in [-0.3, -0.25) is 4.21 Å². The van der Waals surface area contributed by atoms with Crippen LogP contribution in [0, 0.1) is 0 Å². The summed E-state index contributed by atoms with van der Waals surface area (Å²) in [5.41, 5.74) is -0.437. The maximum absolute atomic E-state index is 11.6. The fourth-order valence-electron chi connectivity index (χ4n) is 1.60. The number of carbonyl (C=O) groups excluding carboxylic acids is 1. The van der Waals surface area contributed by atoms with Gasteiger partial charge in [-0.25, -0.2) is 4.79 Å². The summed E-state index contributed by atoms with van der Waals surface area (Å²) in [5, 5.41) is 3.29. The molecule has 5 nitrogen and oxygen atoms in total. The zero-order valence-electron chi connectivity index (χ0n) is 11.7. The molecule has 0 aromatic carbocycles. The maximum atomic E-state index is 11.6. The number of nitrogens with zero attached hydrogens (tertiary/aromatic N) is 1. The minimum absolute atomic E-state index is 0.252. The molecule has 0 aliphatic carbocycles. The molecule has 1 aliphatic rings. The molecule has 18 heavy (non-hydrogen) atoms. The summed E-state index contributed by atoms with van der Waals surface area (Å²) in [7, 11) is -0.720. The first-order valence-electron chi connectivity index (χ1n) is 6.38. The average Bonchev–Trinajstić information content (AvgIpc) is 2.17. The minimum Gasteiger partial charge on any atom is -0.444 e. The van der Waals surface area contributed by atoms with Crippen LogP contribution >= 0.6 is 0 Å². The molecule has 0 aromatic heterocycles. The first-order chi connectivity index (χ1) is 8.31. The number of likely N-dealkylation sites (tertiary alicyclic amines) is 1. The van der Waals surface area contributed by atoms with Gasteiger partial charge in [-0.05, 0) is 20.8 Å². The van der Waals surface area contributed by atoms with E-state index in [0.29, 0.717) is 30.6 Å². The van der Waals surface area contributed by atoms with Gasteiger partial charge in [0.1, 0.15) is 5.60 Å². The van der Waals surface area contributed by atoms with Gasteiger partial charge in [0, 0.05) is 48.0 Å². The fraction of sp³-hybridized carbons (Fsp3) is 0.917. The molecular formula is C12H24N2O3S. The standard InChI is InChI=1S/C12H24N2O3S/c1-5-18(16)7-6-13-10-8-14(9-10)11(15)17-12(2,3)4/h10,13H,5-9H2,1-4H3. The number of nitrogens with one attached hydrogen (secondary N) is 1. The van der Waals surface area contributed by atoms with Crippen LogP contribution < -0.4 is 5.32 Å². The lowest BCUT2D eigenvalue weighted by molar-refractivity contribution is 0.00555. The van der Waals surface area contributed by atoms with Crippen molar-refractivity contribution in [3.8, 4) is 0 Å². The smallest absolute Gasteiger partial charge is 0.410 e. The van der Waals surface area contributed by atoms with E-state index in [1.807, 2.05) is 27.7 Å². The quantitative estimate of drug-likeness (QED) is 0.813. The van der Waals surface area contributed by atoms with Crippen LogP contribution in [-0.2, 0) is 15.5 Å². The Morgan fingerprint density at radius 2 is 2.06 bits per heavy atom. The third-order valence-corrected chi connectivity index (χ3v) is 3.92. The summed E-state index contributed by atoms with van der Waals surface area (Å²) < 4.78 is 16.5. The highest BCUT2D eigenvalue weighted by Crippen LogP contribution is 2.14. The lowest BCUT2D eigenvalue weighted by Crippen LogP contribution is -2.60. The van der Waals surface area contributed by atoms with Gasteiger partial charge in [-0.1, -0.05) is 6.92 Å². The van der Waals surface area contributed by atoms with Crippen LogP contribution in [0.25, 0.3) is 0 Å². The molecule has 6 heteroatoms. The predicted molar refractivity (Wildman–Crippen MR) is 73.1 cm³/mol. The number of amides is 1. The summed E-state index contributed by atoms with van der Waals surface area (Å²) in [6, 6.07) is 0.311. The van der Waals surface area contributed by atoms with Crippen molar-refractivity contribution in [2.75, 3.05) is 31.1 Å². The Morgan fingerprint density at radius 3 is 2.56 bits per heavy atom. The first-order valence-corrected chi connectivity index (χ1v) is 7.87. The highest BCUT2D eigenvalue weighted by atomic mass is 32.2. The molecule has 1 unspecified atom stereocenters. The van der Waals surface area contributed by atoms with Gasteiger partial charge in [0.2, 0.25) is 0 Å². The number of rotatable bonds is 5. The van der Waals surface area contributed by atoms with Gasteiger partial charge < -0.3 is 15.0 Å². The molecule has 1 heterocycles. The SMILES string of the molecule is CCS(=O)CCNC1CN(C(=O)OC(C)(C)C)C1. The Morgan fingerprint density at radius 1 is 1.44 bits per heavy atom. The minimum atomic E-state index is -0.720. The van der Waals surface area contributed by atoms with Gasteiger partial charge in [0.05, 0.1) is 0 Å². The molecule has 0 radical (unpaired) electrons. The molecule has 0 saturated carbocycles. The van der Waals surface area contributed by atoms with Crippen molar-refractivity contribution in [1.82, 2.24) is 10.2 Å². The Kier molecular flexibility index (Phi) is 5.59. The van der Waals surface area contributed by atoms with Gasteiger partial charge >= 0.3 is 6.09 Å². The summed E-state index contributed by atoms with van der Waals surface area (Å²) in [6.07, 6.45) is -0.252. The van der Waals surface area contributed by atoms with E-state index in [1.54, 1.807) is 4.90 Å². The Hall–Kier alpha value is -0.620. The lowest BCUT2D eigenvalue weighted by Gasteiger charge is -2.40. The topological polar surface area (TPSA) is 58.6 Å². The van der Waals surface area contributed by atoms with Crippen molar-refractivity contribution in [2.45, 2.75) is 39.3 Å². The second-order valence-electron chi connectivity index (χ2n) is 5.47. The Balaban J connectivity index is 2.12. The zero-order valence-corrected chi connectivity index (χ0v) is 12.5. The van der Waals surface area contributed by atoms with Crippen LogP contribution in [0.1, 0.15) is 27.7 Å². The summed E-state index contributed by atoms with van der Waals surface area (Å²) in [5.74, 6) is 1.38. The molecule has 1 fully saturated rings. The van der Waals surface area contributed by atoms with E-state index in [9.17, 15) is 9.00 Å². The average molecular weight is 276 g/mol. The van der Waals surface area contributed by atoms with Crippen LogP contribution in [0.3, 0.4) is 0 Å². The van der Waals surface area contributed by atoms with Crippen molar-refractivity contribution < 1.29 is 13.7 Å². The molecule has 1 rings (SSSR count). The second kappa shape index (κ2) is 6.52. The molecule has 1 atom stereocenters. The second-order valence-corrected chi connectivity index (χ2v) is 7.33. The van der Waals surface area contributed by atoms with Crippen LogP contribution in [0.15, 0.2) is 0 Å². The molecule has 0 spiro atoms. The molecule has 1 amide bonds. The van der Waals surface area contributed by atoms with Crippen LogP contribution in [0.4, 0.5) is 4.79 Å². The Labute approximate surface area is 112 Å². The number of hydrogen-bond donors (Lipinski definition) is 1. The van der Waals surface area contributed by atoms with Crippen molar-refractivity contribution in [2.24, 2.45) is 0 Å². The largest absolute Gasteiger partial charge is 0.444 e. The highest BCUT2D eigenvalue weighted by molar-refractivity contribution is 7.84. The van der Waals surface area contributed by atoms with Crippen LogP contribution in [0.5, 0.6) is 0 Å². The third kappa shape index (κ3) is 5.35. The van der Waals surface area contributed by atoms with Gasteiger partial charge in [0.15, 0.2) is 0 Å². The third-order valence-electron chi connectivity index (χ3n) is 2.62. The van der Waals surface area contributed by atoms with Gasteiger partial charge in [-0.15, -0.1) is 0 Å². The van der Waals surface area contributed by atoms with E-state index >= 15 is 0 Å². The summed E-state index contributed by atoms with van der Waals surface area (Å²) in [4.78, 5) is 13.3. The number of carbonyl (C=O) groups is 1. The molecule has 106 valence electrons. The predicted octanol–water partition coefficient (Wildman–Crippen LogP) is 0.964. The number of hydrogen-bond acceptors (Lipinski definition) is 4. The van der Waals surface area contributed by atoms with Crippen molar-refractivity contribution in [3.63, 3.8) is 0 Å². The molecule has 0 bridgehead atoms. The van der Waals surface area contributed by atoms with Crippen LogP contribution in [0.2, 0.25) is 0 Å². The molecule has 1 N–H and O–H groups in total. The highest BCUT2D eigenvalue weighted by Gasteiger charge is 2.33. The van der Waals surface area contributed by atoms with Crippen molar-refractivity contribution >= 4 is 16.9 Å². The van der Waals surface area contributed by atoms with Crippen molar-refractivity contribution in [1.29, 1.82) is 0 Å². The maximum Gasteiger partial charge on any atom is 0.410 e.